The van der Waals surface area contributed by atoms with E-state index in [1.165, 1.54) is 10.6 Å². The topological polar surface area (TPSA) is 61.2 Å². The average Bonchev–Trinajstić information content (AvgIpc) is 2.18. The van der Waals surface area contributed by atoms with Gasteiger partial charge in [0, 0.05) is 6.54 Å². The monoisotopic (exact) mass is 230 g/mol. The molecule has 0 N–H and O–H groups in total. The predicted octanol–water partition coefficient (Wildman–Crippen LogP) is 1.49. The van der Waals surface area contributed by atoms with Crippen LogP contribution in [0, 0.1) is 11.3 Å². The molecule has 1 rings (SSSR count). The molecular formula is C10H18N2O2S. The summed E-state index contributed by atoms with van der Waals surface area (Å²) in [6, 6.07) is 2.22. The van der Waals surface area contributed by atoms with Gasteiger partial charge in [0.2, 0.25) is 10.0 Å². The van der Waals surface area contributed by atoms with Gasteiger partial charge in [0.25, 0.3) is 0 Å². The van der Waals surface area contributed by atoms with Gasteiger partial charge in [-0.15, -0.1) is 0 Å². The van der Waals surface area contributed by atoms with Crippen LogP contribution in [0.2, 0.25) is 0 Å². The smallest absolute Gasteiger partial charge is 0.212 e. The lowest BCUT2D eigenvalue weighted by Crippen LogP contribution is -2.51. The molecule has 15 heavy (non-hydrogen) atoms. The summed E-state index contributed by atoms with van der Waals surface area (Å²) < 4.78 is 24.6. The first kappa shape index (κ1) is 12.5. The molecule has 0 aromatic rings. The van der Waals surface area contributed by atoms with Crippen molar-refractivity contribution in [2.24, 2.45) is 0 Å². The number of nitriles is 1. The molecule has 1 saturated carbocycles. The van der Waals surface area contributed by atoms with E-state index >= 15 is 0 Å². The summed E-state index contributed by atoms with van der Waals surface area (Å²) in [6.07, 6.45) is 5.52. The number of rotatable bonds is 3. The highest BCUT2D eigenvalue weighted by Crippen LogP contribution is 2.34. The third-order valence-corrected chi connectivity index (χ3v) is 4.46. The van der Waals surface area contributed by atoms with Crippen molar-refractivity contribution in [3.8, 4) is 6.07 Å². The standard InChI is InChI=1S/C10H18N2O2S/c1-3-12(15(2,13)14)10(9-11)7-5-4-6-8-10/h3-8H2,1-2H3. The molecule has 0 atom stereocenters. The molecule has 0 unspecified atom stereocenters. The van der Waals surface area contributed by atoms with Crippen LogP contribution in [0.25, 0.3) is 0 Å². The van der Waals surface area contributed by atoms with Gasteiger partial charge in [-0.25, -0.2) is 8.42 Å². The molecular weight excluding hydrogens is 212 g/mol. The molecule has 0 saturated heterocycles. The van der Waals surface area contributed by atoms with Crippen LogP contribution in [0.4, 0.5) is 0 Å². The molecule has 0 aromatic carbocycles. The van der Waals surface area contributed by atoms with E-state index in [1.54, 1.807) is 6.92 Å². The molecule has 1 aliphatic rings. The molecule has 0 heterocycles. The fourth-order valence-electron chi connectivity index (χ4n) is 2.41. The maximum atomic E-state index is 11.6. The van der Waals surface area contributed by atoms with E-state index in [2.05, 4.69) is 6.07 Å². The van der Waals surface area contributed by atoms with Gasteiger partial charge in [-0.2, -0.15) is 9.57 Å². The minimum Gasteiger partial charge on any atom is -0.212 e. The van der Waals surface area contributed by atoms with Crippen molar-refractivity contribution in [1.82, 2.24) is 4.31 Å². The highest BCUT2D eigenvalue weighted by molar-refractivity contribution is 7.88. The predicted molar refractivity (Wildman–Crippen MR) is 58.7 cm³/mol. The van der Waals surface area contributed by atoms with E-state index in [9.17, 15) is 13.7 Å². The van der Waals surface area contributed by atoms with E-state index in [-0.39, 0.29) is 0 Å². The number of hydrogen-bond acceptors (Lipinski definition) is 3. The van der Waals surface area contributed by atoms with Gasteiger partial charge in [0.05, 0.1) is 12.3 Å². The lowest BCUT2D eigenvalue weighted by molar-refractivity contribution is 0.192. The Morgan fingerprint density at radius 1 is 1.33 bits per heavy atom. The van der Waals surface area contributed by atoms with Crippen molar-refractivity contribution in [2.45, 2.75) is 44.6 Å². The molecule has 0 aromatic heterocycles. The average molecular weight is 230 g/mol. The molecule has 0 radical (unpaired) electrons. The Morgan fingerprint density at radius 2 is 1.87 bits per heavy atom. The Balaban J connectivity index is 3.03. The molecule has 86 valence electrons. The minimum absolute atomic E-state index is 0.381. The van der Waals surface area contributed by atoms with Gasteiger partial charge in [0.15, 0.2) is 0 Å². The normalized spacial score (nSPS) is 21.2. The third-order valence-electron chi connectivity index (χ3n) is 3.05. The molecule has 0 bridgehead atoms. The van der Waals surface area contributed by atoms with Crippen molar-refractivity contribution in [2.75, 3.05) is 12.8 Å². The van der Waals surface area contributed by atoms with E-state index in [0.29, 0.717) is 19.4 Å². The summed E-state index contributed by atoms with van der Waals surface area (Å²) in [5.74, 6) is 0. The maximum Gasteiger partial charge on any atom is 0.212 e. The maximum absolute atomic E-state index is 11.6. The van der Waals surface area contributed by atoms with Crippen LogP contribution in [-0.4, -0.2) is 31.1 Å². The molecule has 0 aliphatic heterocycles. The molecule has 1 fully saturated rings. The van der Waals surface area contributed by atoms with E-state index in [4.69, 9.17) is 0 Å². The first-order valence-corrected chi connectivity index (χ1v) is 7.20. The zero-order valence-electron chi connectivity index (χ0n) is 9.36. The van der Waals surface area contributed by atoms with Gasteiger partial charge in [0.1, 0.15) is 5.54 Å². The van der Waals surface area contributed by atoms with Crippen molar-refractivity contribution < 1.29 is 8.42 Å². The van der Waals surface area contributed by atoms with Crippen LogP contribution in [0.3, 0.4) is 0 Å². The van der Waals surface area contributed by atoms with Crippen molar-refractivity contribution in [3.63, 3.8) is 0 Å². The summed E-state index contributed by atoms with van der Waals surface area (Å²) >= 11 is 0. The third kappa shape index (κ3) is 2.50. The highest BCUT2D eigenvalue weighted by Gasteiger charge is 2.42. The number of hydrogen-bond donors (Lipinski definition) is 0. The minimum atomic E-state index is -3.27. The Kier molecular flexibility index (Phi) is 3.74. The van der Waals surface area contributed by atoms with Crippen molar-refractivity contribution >= 4 is 10.0 Å². The van der Waals surface area contributed by atoms with E-state index in [0.717, 1.165) is 19.3 Å². The number of nitrogens with zero attached hydrogens (tertiary/aromatic N) is 2. The van der Waals surface area contributed by atoms with Gasteiger partial charge < -0.3 is 0 Å². The highest BCUT2D eigenvalue weighted by atomic mass is 32.2. The lowest BCUT2D eigenvalue weighted by Gasteiger charge is -2.38. The van der Waals surface area contributed by atoms with Crippen molar-refractivity contribution in [3.05, 3.63) is 0 Å². The summed E-state index contributed by atoms with van der Waals surface area (Å²) in [6.45, 7) is 2.17. The summed E-state index contributed by atoms with van der Waals surface area (Å²) in [7, 11) is -3.27. The van der Waals surface area contributed by atoms with Gasteiger partial charge >= 0.3 is 0 Å². The first-order chi connectivity index (χ1) is 6.96. The van der Waals surface area contributed by atoms with Crippen LogP contribution < -0.4 is 0 Å². The SMILES string of the molecule is CCN(C1(C#N)CCCCC1)S(C)(=O)=O. The Labute approximate surface area is 91.9 Å². The van der Waals surface area contributed by atoms with Gasteiger partial charge in [-0.1, -0.05) is 26.2 Å². The zero-order valence-corrected chi connectivity index (χ0v) is 10.2. The van der Waals surface area contributed by atoms with Gasteiger partial charge in [-0.05, 0) is 12.8 Å². The molecule has 4 nitrogen and oxygen atoms in total. The lowest BCUT2D eigenvalue weighted by atomic mass is 9.83. The van der Waals surface area contributed by atoms with Crippen LogP contribution in [0.1, 0.15) is 39.0 Å². The Morgan fingerprint density at radius 3 is 2.20 bits per heavy atom. The number of sulfonamides is 1. The van der Waals surface area contributed by atoms with Crippen molar-refractivity contribution in [1.29, 1.82) is 5.26 Å². The molecule has 1 aliphatic carbocycles. The Bertz CT molecular complexity index is 350. The summed E-state index contributed by atoms with van der Waals surface area (Å²) in [5, 5.41) is 9.25. The molecule has 0 spiro atoms. The fourth-order valence-corrected chi connectivity index (χ4v) is 3.74. The van der Waals surface area contributed by atoms with Crippen LogP contribution in [-0.2, 0) is 10.0 Å². The largest absolute Gasteiger partial charge is 0.212 e. The quantitative estimate of drug-likeness (QED) is 0.738. The fraction of sp³-hybridized carbons (Fsp3) is 0.900. The van der Waals surface area contributed by atoms with Crippen LogP contribution >= 0.6 is 0 Å². The second-order valence-corrected chi connectivity index (χ2v) is 6.04. The second kappa shape index (κ2) is 4.50. The summed E-state index contributed by atoms with van der Waals surface area (Å²) in [4.78, 5) is 0. The zero-order chi connectivity index (χ0) is 11.5. The molecule has 0 amide bonds. The second-order valence-electron chi connectivity index (χ2n) is 4.13. The van der Waals surface area contributed by atoms with Crippen LogP contribution in [0.5, 0.6) is 0 Å². The van der Waals surface area contributed by atoms with Crippen LogP contribution in [0.15, 0.2) is 0 Å². The molecule has 5 heteroatoms. The summed E-state index contributed by atoms with van der Waals surface area (Å²) in [5.41, 5.74) is -0.777. The first-order valence-electron chi connectivity index (χ1n) is 5.35. The van der Waals surface area contributed by atoms with E-state index < -0.39 is 15.6 Å². The Hall–Kier alpha value is -0.600. The van der Waals surface area contributed by atoms with Gasteiger partial charge in [-0.3, -0.25) is 0 Å². The van der Waals surface area contributed by atoms with E-state index in [1.807, 2.05) is 0 Å².